The second-order valence-electron chi connectivity index (χ2n) is 7.24. The van der Waals surface area contributed by atoms with E-state index in [2.05, 4.69) is 35.2 Å². The molecule has 1 fully saturated rings. The second-order valence-corrected chi connectivity index (χ2v) is 7.24. The summed E-state index contributed by atoms with van der Waals surface area (Å²) in [6.45, 7) is 7.04. The third kappa shape index (κ3) is 5.02. The standard InChI is InChI=1S/C20H26N8O2/c1-14-11-15(26-30-14)12-27-7-9-28(10-8-27)13-18-23-19(21)25-20(24-18)22-16-5-3-4-6-17(16)29-2/h3-6,11H,7-10,12-13H2,1-2H3,(H3,21,22,23,24,25). The zero-order valence-corrected chi connectivity index (χ0v) is 17.2. The quantitative estimate of drug-likeness (QED) is 0.597. The van der Waals surface area contributed by atoms with Gasteiger partial charge in [0.2, 0.25) is 11.9 Å². The highest BCUT2D eigenvalue weighted by Gasteiger charge is 2.19. The van der Waals surface area contributed by atoms with Gasteiger partial charge in [-0.25, -0.2) is 0 Å². The van der Waals surface area contributed by atoms with Crippen molar-refractivity contribution in [3.8, 4) is 5.75 Å². The van der Waals surface area contributed by atoms with Crippen LogP contribution in [0, 0.1) is 6.92 Å². The summed E-state index contributed by atoms with van der Waals surface area (Å²) >= 11 is 0. The van der Waals surface area contributed by atoms with Crippen LogP contribution in [0.15, 0.2) is 34.9 Å². The molecule has 0 aliphatic carbocycles. The monoisotopic (exact) mass is 410 g/mol. The fraction of sp³-hybridized carbons (Fsp3) is 0.400. The van der Waals surface area contributed by atoms with E-state index in [1.165, 1.54) is 0 Å². The van der Waals surface area contributed by atoms with Crippen molar-refractivity contribution in [3.05, 3.63) is 47.6 Å². The summed E-state index contributed by atoms with van der Waals surface area (Å²) in [7, 11) is 1.62. The smallest absolute Gasteiger partial charge is 0.232 e. The predicted molar refractivity (Wildman–Crippen MR) is 112 cm³/mol. The summed E-state index contributed by atoms with van der Waals surface area (Å²) in [5.74, 6) is 2.78. The number of rotatable bonds is 7. The molecule has 1 saturated heterocycles. The zero-order chi connectivity index (χ0) is 20.9. The second kappa shape index (κ2) is 9.06. The molecule has 0 unspecified atom stereocenters. The van der Waals surface area contributed by atoms with Gasteiger partial charge in [-0.2, -0.15) is 15.0 Å². The van der Waals surface area contributed by atoms with Crippen LogP contribution >= 0.6 is 0 Å². The topological polar surface area (TPSA) is 118 Å². The fourth-order valence-corrected chi connectivity index (χ4v) is 3.46. The van der Waals surface area contributed by atoms with Crippen molar-refractivity contribution >= 4 is 17.6 Å². The van der Waals surface area contributed by atoms with E-state index in [1.54, 1.807) is 7.11 Å². The maximum Gasteiger partial charge on any atom is 0.232 e. The number of aryl methyl sites for hydroxylation is 1. The number of benzene rings is 1. The number of methoxy groups -OCH3 is 1. The number of piperazine rings is 1. The molecule has 0 saturated carbocycles. The van der Waals surface area contributed by atoms with Gasteiger partial charge in [-0.3, -0.25) is 9.80 Å². The third-order valence-electron chi connectivity index (χ3n) is 4.94. The van der Waals surface area contributed by atoms with Crippen molar-refractivity contribution in [1.29, 1.82) is 0 Å². The van der Waals surface area contributed by atoms with E-state index in [1.807, 2.05) is 37.3 Å². The molecule has 0 bridgehead atoms. The number of aromatic nitrogens is 4. The Morgan fingerprint density at radius 1 is 1.07 bits per heavy atom. The van der Waals surface area contributed by atoms with E-state index >= 15 is 0 Å². The van der Waals surface area contributed by atoms with Crippen LogP contribution in [-0.2, 0) is 13.1 Å². The first-order valence-electron chi connectivity index (χ1n) is 9.86. The van der Waals surface area contributed by atoms with E-state index in [0.717, 1.165) is 49.9 Å². The lowest BCUT2D eigenvalue weighted by molar-refractivity contribution is 0.118. The molecule has 0 amide bonds. The molecule has 0 spiro atoms. The maximum atomic E-state index is 5.92. The Hall–Kier alpha value is -3.24. The molecule has 0 atom stereocenters. The Balaban J connectivity index is 1.36. The molecule has 10 heteroatoms. The number of ether oxygens (including phenoxy) is 1. The van der Waals surface area contributed by atoms with E-state index in [0.29, 0.717) is 24.1 Å². The van der Waals surface area contributed by atoms with E-state index in [9.17, 15) is 0 Å². The van der Waals surface area contributed by atoms with Crippen molar-refractivity contribution in [2.75, 3.05) is 44.3 Å². The molecule has 3 N–H and O–H groups in total. The molecule has 4 rings (SSSR count). The van der Waals surface area contributed by atoms with E-state index < -0.39 is 0 Å². The Bertz CT molecular complexity index is 984. The van der Waals surface area contributed by atoms with Crippen LogP contribution in [0.1, 0.15) is 17.3 Å². The summed E-state index contributed by atoms with van der Waals surface area (Å²) in [6, 6.07) is 9.56. The van der Waals surface area contributed by atoms with Gasteiger partial charge in [-0.05, 0) is 19.1 Å². The number of nitrogens with two attached hydrogens (primary N) is 1. The summed E-state index contributed by atoms with van der Waals surface area (Å²) in [6.07, 6.45) is 0. The maximum absolute atomic E-state index is 5.92. The minimum absolute atomic E-state index is 0.192. The van der Waals surface area contributed by atoms with Crippen molar-refractivity contribution in [3.63, 3.8) is 0 Å². The van der Waals surface area contributed by atoms with Gasteiger partial charge in [0.1, 0.15) is 17.3 Å². The first-order valence-corrected chi connectivity index (χ1v) is 9.86. The Kier molecular flexibility index (Phi) is 6.05. The number of hydrogen-bond donors (Lipinski definition) is 2. The molecular weight excluding hydrogens is 384 g/mol. The SMILES string of the molecule is COc1ccccc1Nc1nc(N)nc(CN2CCN(Cc3cc(C)on3)CC2)n1. The molecule has 2 aromatic heterocycles. The third-order valence-corrected chi connectivity index (χ3v) is 4.94. The highest BCUT2D eigenvalue weighted by atomic mass is 16.5. The first kappa shape index (κ1) is 20.0. The van der Waals surface area contributed by atoms with Gasteiger partial charge in [-0.1, -0.05) is 17.3 Å². The number of hydrogen-bond acceptors (Lipinski definition) is 10. The van der Waals surface area contributed by atoms with Gasteiger partial charge in [0.05, 0.1) is 25.0 Å². The van der Waals surface area contributed by atoms with Crippen molar-refractivity contribution in [2.45, 2.75) is 20.0 Å². The Morgan fingerprint density at radius 2 is 1.80 bits per heavy atom. The molecule has 3 aromatic rings. The van der Waals surface area contributed by atoms with Crippen LogP contribution in [0.4, 0.5) is 17.6 Å². The van der Waals surface area contributed by atoms with Crippen LogP contribution in [0.5, 0.6) is 5.75 Å². The summed E-state index contributed by atoms with van der Waals surface area (Å²) in [5.41, 5.74) is 7.66. The van der Waals surface area contributed by atoms with Gasteiger partial charge in [0, 0.05) is 38.8 Å². The van der Waals surface area contributed by atoms with Gasteiger partial charge in [-0.15, -0.1) is 0 Å². The summed E-state index contributed by atoms with van der Waals surface area (Å²) < 4.78 is 10.5. The largest absolute Gasteiger partial charge is 0.495 e. The molecule has 158 valence electrons. The van der Waals surface area contributed by atoms with Gasteiger partial charge >= 0.3 is 0 Å². The molecule has 1 aliphatic rings. The van der Waals surface area contributed by atoms with Gasteiger partial charge in [0.25, 0.3) is 0 Å². The molecule has 3 heterocycles. The highest BCUT2D eigenvalue weighted by molar-refractivity contribution is 5.62. The van der Waals surface area contributed by atoms with Crippen LogP contribution < -0.4 is 15.8 Å². The minimum Gasteiger partial charge on any atom is -0.495 e. The molecule has 0 radical (unpaired) electrons. The molecule has 10 nitrogen and oxygen atoms in total. The molecule has 1 aliphatic heterocycles. The summed E-state index contributed by atoms with van der Waals surface area (Å²) in [5, 5.41) is 7.24. The van der Waals surface area contributed by atoms with Gasteiger partial charge < -0.3 is 20.3 Å². The molecule has 1 aromatic carbocycles. The lowest BCUT2D eigenvalue weighted by Crippen LogP contribution is -2.45. The van der Waals surface area contributed by atoms with Crippen molar-refractivity contribution in [2.24, 2.45) is 0 Å². The van der Waals surface area contributed by atoms with Crippen LogP contribution in [-0.4, -0.2) is 63.2 Å². The molecular formula is C20H26N8O2. The number of nitrogen functional groups attached to an aromatic ring is 1. The number of para-hydroxylation sites is 2. The Labute approximate surface area is 175 Å². The van der Waals surface area contributed by atoms with Crippen LogP contribution in [0.25, 0.3) is 0 Å². The lowest BCUT2D eigenvalue weighted by atomic mass is 10.2. The fourth-order valence-electron chi connectivity index (χ4n) is 3.46. The minimum atomic E-state index is 0.192. The predicted octanol–water partition coefficient (Wildman–Crippen LogP) is 1.82. The normalized spacial score (nSPS) is 15.3. The van der Waals surface area contributed by atoms with Crippen LogP contribution in [0.2, 0.25) is 0 Å². The van der Waals surface area contributed by atoms with Gasteiger partial charge in [0.15, 0.2) is 0 Å². The average molecular weight is 410 g/mol. The summed E-state index contributed by atoms with van der Waals surface area (Å²) in [4.78, 5) is 17.7. The van der Waals surface area contributed by atoms with E-state index in [-0.39, 0.29) is 5.95 Å². The first-order chi connectivity index (χ1) is 14.6. The Morgan fingerprint density at radius 3 is 2.50 bits per heavy atom. The van der Waals surface area contributed by atoms with Crippen molar-refractivity contribution < 1.29 is 9.26 Å². The van der Waals surface area contributed by atoms with Crippen molar-refractivity contribution in [1.82, 2.24) is 29.9 Å². The number of anilines is 3. The molecule has 30 heavy (non-hydrogen) atoms. The lowest BCUT2D eigenvalue weighted by Gasteiger charge is -2.33. The highest BCUT2D eigenvalue weighted by Crippen LogP contribution is 2.25. The average Bonchev–Trinajstić information content (AvgIpc) is 3.14. The number of nitrogens with zero attached hydrogens (tertiary/aromatic N) is 6. The number of nitrogens with one attached hydrogen (secondary N) is 1. The van der Waals surface area contributed by atoms with E-state index in [4.69, 9.17) is 15.0 Å². The van der Waals surface area contributed by atoms with Crippen LogP contribution in [0.3, 0.4) is 0 Å². The zero-order valence-electron chi connectivity index (χ0n) is 17.2.